The molecule has 1 heterocycles. The third-order valence-corrected chi connectivity index (χ3v) is 6.25. The number of unbranched alkanes of at least 4 members (excludes halogenated alkanes) is 2. The van der Waals surface area contributed by atoms with Gasteiger partial charge in [-0.1, -0.05) is 42.1 Å². The largest absolute Gasteiger partial charge is 0.506 e. The summed E-state index contributed by atoms with van der Waals surface area (Å²) in [5, 5.41) is 13.7. The van der Waals surface area contributed by atoms with Gasteiger partial charge >= 0.3 is 0 Å². The van der Waals surface area contributed by atoms with Crippen LogP contribution in [0.15, 0.2) is 19.5 Å². The van der Waals surface area contributed by atoms with Crippen LogP contribution in [0, 0.1) is 0 Å². The number of rotatable bonds is 6. The predicted molar refractivity (Wildman–Crippen MR) is 103 cm³/mol. The van der Waals surface area contributed by atoms with Crippen molar-refractivity contribution in [2.24, 2.45) is 0 Å². The van der Waals surface area contributed by atoms with E-state index in [-0.39, 0.29) is 5.75 Å². The molecule has 1 fully saturated rings. The molecule has 22 heavy (non-hydrogen) atoms. The SMILES string of the molecule is CCCCC[C@H](c1c(Br)cc(Br)c(O)c1Br)N1CCNCC1. The van der Waals surface area contributed by atoms with Crippen LogP contribution in [0.4, 0.5) is 0 Å². The third-order valence-electron chi connectivity index (χ3n) is 4.19. The Morgan fingerprint density at radius 3 is 2.50 bits per heavy atom. The molecule has 0 saturated carbocycles. The van der Waals surface area contributed by atoms with Crippen molar-refractivity contribution in [3.8, 4) is 5.75 Å². The van der Waals surface area contributed by atoms with Crippen LogP contribution in [0.3, 0.4) is 0 Å². The van der Waals surface area contributed by atoms with Crippen LogP contribution in [0.2, 0.25) is 0 Å². The van der Waals surface area contributed by atoms with E-state index in [1.165, 1.54) is 24.8 Å². The van der Waals surface area contributed by atoms with E-state index in [0.29, 0.717) is 10.5 Å². The van der Waals surface area contributed by atoms with E-state index in [1.807, 2.05) is 6.07 Å². The van der Waals surface area contributed by atoms with Gasteiger partial charge in [0.25, 0.3) is 0 Å². The molecule has 0 unspecified atom stereocenters. The quantitative estimate of drug-likeness (QED) is 0.529. The molecule has 1 aromatic carbocycles. The van der Waals surface area contributed by atoms with Crippen LogP contribution in [0.5, 0.6) is 5.75 Å². The zero-order valence-electron chi connectivity index (χ0n) is 12.8. The Hall–Kier alpha value is 0.380. The molecule has 2 rings (SSSR count). The summed E-state index contributed by atoms with van der Waals surface area (Å²) in [5.41, 5.74) is 1.17. The fourth-order valence-electron chi connectivity index (χ4n) is 2.99. The summed E-state index contributed by atoms with van der Waals surface area (Å²) in [6, 6.07) is 2.28. The lowest BCUT2D eigenvalue weighted by atomic mass is 9.98. The van der Waals surface area contributed by atoms with Crippen LogP contribution in [-0.2, 0) is 0 Å². The number of piperazine rings is 1. The first-order chi connectivity index (χ1) is 10.6. The molecule has 0 radical (unpaired) electrons. The molecule has 6 heteroatoms. The maximum atomic E-state index is 10.3. The fourth-order valence-corrected chi connectivity index (χ4v) is 5.64. The van der Waals surface area contributed by atoms with Crippen LogP contribution in [0.1, 0.15) is 44.2 Å². The van der Waals surface area contributed by atoms with E-state index in [9.17, 15) is 5.11 Å². The lowest BCUT2D eigenvalue weighted by molar-refractivity contribution is 0.161. The van der Waals surface area contributed by atoms with Crippen molar-refractivity contribution in [3.05, 3.63) is 25.0 Å². The summed E-state index contributed by atoms with van der Waals surface area (Å²) in [7, 11) is 0. The zero-order chi connectivity index (χ0) is 16.1. The highest BCUT2D eigenvalue weighted by atomic mass is 79.9. The van der Waals surface area contributed by atoms with Crippen molar-refractivity contribution in [1.29, 1.82) is 0 Å². The van der Waals surface area contributed by atoms with Crippen molar-refractivity contribution in [3.63, 3.8) is 0 Å². The average molecular weight is 499 g/mol. The number of halogens is 3. The Bertz CT molecular complexity index is 505. The van der Waals surface area contributed by atoms with Crippen molar-refractivity contribution in [1.82, 2.24) is 10.2 Å². The summed E-state index contributed by atoms with van der Waals surface area (Å²) in [4.78, 5) is 2.53. The molecule has 1 aromatic rings. The Morgan fingerprint density at radius 1 is 1.18 bits per heavy atom. The number of phenols is 1. The monoisotopic (exact) mass is 496 g/mol. The molecule has 3 nitrogen and oxygen atoms in total. The predicted octanol–water partition coefficient (Wildman–Crippen LogP) is 5.21. The molecule has 0 aromatic heterocycles. The van der Waals surface area contributed by atoms with Gasteiger partial charge < -0.3 is 10.4 Å². The van der Waals surface area contributed by atoms with Crippen LogP contribution in [-0.4, -0.2) is 36.2 Å². The van der Waals surface area contributed by atoms with Crippen molar-refractivity contribution >= 4 is 47.8 Å². The second-order valence-electron chi connectivity index (χ2n) is 5.71. The number of benzene rings is 1. The molecule has 0 aliphatic carbocycles. The second-order valence-corrected chi connectivity index (χ2v) is 8.22. The first-order valence-corrected chi connectivity index (χ1v) is 10.2. The molecule has 0 bridgehead atoms. The number of phenolic OH excluding ortho intramolecular Hbond substituents is 1. The summed E-state index contributed by atoms with van der Waals surface area (Å²) in [6.07, 6.45) is 4.80. The van der Waals surface area contributed by atoms with E-state index in [2.05, 4.69) is 64.9 Å². The van der Waals surface area contributed by atoms with Crippen molar-refractivity contribution in [2.45, 2.75) is 38.6 Å². The number of nitrogens with zero attached hydrogens (tertiary/aromatic N) is 1. The van der Waals surface area contributed by atoms with E-state index in [0.717, 1.165) is 41.5 Å². The highest BCUT2D eigenvalue weighted by molar-refractivity contribution is 9.11. The van der Waals surface area contributed by atoms with Crippen molar-refractivity contribution in [2.75, 3.05) is 26.2 Å². The number of hydrogen-bond donors (Lipinski definition) is 2. The summed E-state index contributed by atoms with van der Waals surface area (Å²) in [5.74, 6) is 0.286. The molecule has 1 aliphatic rings. The van der Waals surface area contributed by atoms with E-state index >= 15 is 0 Å². The number of aromatic hydroxyl groups is 1. The van der Waals surface area contributed by atoms with Gasteiger partial charge in [-0.2, -0.15) is 0 Å². The Morgan fingerprint density at radius 2 is 1.86 bits per heavy atom. The average Bonchev–Trinajstić information content (AvgIpc) is 2.52. The van der Waals surface area contributed by atoms with Gasteiger partial charge in [0.2, 0.25) is 0 Å². The van der Waals surface area contributed by atoms with Gasteiger partial charge in [0.05, 0.1) is 8.95 Å². The van der Waals surface area contributed by atoms with E-state index in [4.69, 9.17) is 0 Å². The van der Waals surface area contributed by atoms with Gasteiger partial charge in [-0.3, -0.25) is 4.90 Å². The molecule has 0 spiro atoms. The van der Waals surface area contributed by atoms with Crippen LogP contribution in [0.25, 0.3) is 0 Å². The number of nitrogens with one attached hydrogen (secondary N) is 1. The highest BCUT2D eigenvalue weighted by Crippen LogP contribution is 2.45. The highest BCUT2D eigenvalue weighted by Gasteiger charge is 2.27. The minimum Gasteiger partial charge on any atom is -0.506 e. The summed E-state index contributed by atoms with van der Waals surface area (Å²) in [6.45, 7) is 6.39. The van der Waals surface area contributed by atoms with Gasteiger partial charge in [-0.25, -0.2) is 0 Å². The lowest BCUT2D eigenvalue weighted by Crippen LogP contribution is -2.45. The smallest absolute Gasteiger partial charge is 0.144 e. The zero-order valence-corrected chi connectivity index (χ0v) is 17.6. The molecule has 1 atom stereocenters. The molecule has 124 valence electrons. The molecule has 0 amide bonds. The number of hydrogen-bond acceptors (Lipinski definition) is 3. The molecule has 2 N–H and O–H groups in total. The standard InChI is InChI=1S/C16H23Br3N2O/c1-2-3-4-5-13(21-8-6-20-7-9-21)14-11(17)10-12(18)16(22)15(14)19/h10,13,20,22H,2-9H2,1H3/t13-/m1/s1. The summed E-state index contributed by atoms with van der Waals surface area (Å²) < 4.78 is 2.56. The molecular formula is C16H23Br3N2O. The topological polar surface area (TPSA) is 35.5 Å². The third kappa shape index (κ3) is 4.47. The molecular weight excluding hydrogens is 476 g/mol. The van der Waals surface area contributed by atoms with Gasteiger partial charge in [-0.05, 0) is 44.3 Å². The van der Waals surface area contributed by atoms with E-state index in [1.54, 1.807) is 0 Å². The Kier molecular flexibility index (Phi) is 7.67. The minimum atomic E-state index is 0.286. The second kappa shape index (κ2) is 9.02. The van der Waals surface area contributed by atoms with E-state index < -0.39 is 0 Å². The maximum absolute atomic E-state index is 10.3. The molecule has 1 saturated heterocycles. The first-order valence-electron chi connectivity index (χ1n) is 7.87. The Labute approximate surface area is 158 Å². The van der Waals surface area contributed by atoms with Gasteiger partial charge in [0.1, 0.15) is 5.75 Å². The lowest BCUT2D eigenvalue weighted by Gasteiger charge is -2.36. The van der Waals surface area contributed by atoms with Gasteiger partial charge in [-0.15, -0.1) is 0 Å². The fraction of sp³-hybridized carbons (Fsp3) is 0.625. The van der Waals surface area contributed by atoms with Gasteiger partial charge in [0, 0.05) is 42.3 Å². The maximum Gasteiger partial charge on any atom is 0.144 e. The van der Waals surface area contributed by atoms with Gasteiger partial charge in [0.15, 0.2) is 0 Å². The molecule has 1 aliphatic heterocycles. The van der Waals surface area contributed by atoms with Crippen LogP contribution >= 0.6 is 47.8 Å². The first kappa shape index (κ1) is 18.7. The minimum absolute atomic E-state index is 0.286. The normalized spacial score (nSPS) is 17.6. The van der Waals surface area contributed by atoms with Crippen LogP contribution < -0.4 is 5.32 Å². The Balaban J connectivity index is 2.33. The summed E-state index contributed by atoms with van der Waals surface area (Å²) >= 11 is 10.7. The van der Waals surface area contributed by atoms with Crippen molar-refractivity contribution < 1.29 is 5.11 Å².